The third kappa shape index (κ3) is 3.65. The third-order valence-electron chi connectivity index (χ3n) is 4.01. The van der Waals surface area contributed by atoms with E-state index >= 15 is 0 Å². The maximum atomic E-state index is 6.08. The molecule has 0 N–H and O–H groups in total. The molecule has 0 aromatic heterocycles. The Morgan fingerprint density at radius 1 is 1.05 bits per heavy atom. The molecule has 1 aliphatic heterocycles. The Hall–Kier alpha value is -1.90. The van der Waals surface area contributed by atoms with Crippen LogP contribution in [0.25, 0.3) is 6.08 Å². The van der Waals surface area contributed by atoms with Crippen molar-refractivity contribution in [3.05, 3.63) is 77.9 Å². The Morgan fingerprint density at radius 3 is 2.41 bits per heavy atom. The highest BCUT2D eigenvalue weighted by atomic mass is 16.7. The van der Waals surface area contributed by atoms with Crippen LogP contribution in [0.15, 0.2) is 66.7 Å². The largest absolute Gasteiger partial charge is 0.353 e. The number of rotatable bonds is 5. The van der Waals surface area contributed by atoms with E-state index in [0.29, 0.717) is 12.5 Å². The fraction of sp³-hybridized carbons (Fsp3) is 0.300. The molecule has 3 atom stereocenters. The van der Waals surface area contributed by atoms with Gasteiger partial charge in [0.25, 0.3) is 0 Å². The van der Waals surface area contributed by atoms with E-state index in [4.69, 9.17) is 9.47 Å². The van der Waals surface area contributed by atoms with Crippen LogP contribution in [0.1, 0.15) is 30.4 Å². The van der Waals surface area contributed by atoms with Gasteiger partial charge in [-0.25, -0.2) is 0 Å². The van der Waals surface area contributed by atoms with Crippen molar-refractivity contribution >= 4 is 6.08 Å². The lowest BCUT2D eigenvalue weighted by Crippen LogP contribution is -2.13. The van der Waals surface area contributed by atoms with Gasteiger partial charge in [-0.2, -0.15) is 0 Å². The summed E-state index contributed by atoms with van der Waals surface area (Å²) >= 11 is 0. The van der Waals surface area contributed by atoms with Gasteiger partial charge in [0, 0.05) is 18.9 Å². The van der Waals surface area contributed by atoms with Crippen LogP contribution in [0.3, 0.4) is 0 Å². The fourth-order valence-electron chi connectivity index (χ4n) is 2.94. The van der Waals surface area contributed by atoms with Gasteiger partial charge in [-0.05, 0) is 18.1 Å². The summed E-state index contributed by atoms with van der Waals surface area (Å²) in [5.41, 5.74) is 2.50. The molecule has 1 fully saturated rings. The van der Waals surface area contributed by atoms with Gasteiger partial charge in [0.05, 0.1) is 6.10 Å². The number of benzene rings is 2. The molecule has 1 aliphatic rings. The molecule has 2 aromatic rings. The lowest BCUT2D eigenvalue weighted by molar-refractivity contribution is -0.120. The molecule has 0 unspecified atom stereocenters. The SMILES string of the molecule is CCO[C@H]1C[C@H](c2ccccc2)[C@@H](/C=C/c2ccccc2)O1. The highest BCUT2D eigenvalue weighted by Crippen LogP contribution is 2.36. The Labute approximate surface area is 132 Å². The van der Waals surface area contributed by atoms with E-state index in [9.17, 15) is 0 Å². The molecular weight excluding hydrogens is 272 g/mol. The summed E-state index contributed by atoms with van der Waals surface area (Å²) in [6.07, 6.45) is 5.14. The average molecular weight is 294 g/mol. The first-order chi connectivity index (χ1) is 10.9. The van der Waals surface area contributed by atoms with Crippen molar-refractivity contribution < 1.29 is 9.47 Å². The van der Waals surface area contributed by atoms with Gasteiger partial charge in [-0.1, -0.05) is 72.8 Å². The summed E-state index contributed by atoms with van der Waals surface area (Å²) in [4.78, 5) is 0. The highest BCUT2D eigenvalue weighted by Gasteiger charge is 2.34. The van der Waals surface area contributed by atoms with E-state index in [0.717, 1.165) is 6.42 Å². The van der Waals surface area contributed by atoms with Crippen molar-refractivity contribution in [1.29, 1.82) is 0 Å². The zero-order valence-electron chi connectivity index (χ0n) is 12.9. The third-order valence-corrected chi connectivity index (χ3v) is 4.01. The van der Waals surface area contributed by atoms with E-state index in [1.807, 2.05) is 31.2 Å². The van der Waals surface area contributed by atoms with Crippen LogP contribution in [0, 0.1) is 0 Å². The normalized spacial score (nSPS) is 24.9. The van der Waals surface area contributed by atoms with Gasteiger partial charge in [0.15, 0.2) is 6.29 Å². The van der Waals surface area contributed by atoms with Crippen LogP contribution in [-0.2, 0) is 9.47 Å². The van der Waals surface area contributed by atoms with Crippen molar-refractivity contribution in [3.8, 4) is 0 Å². The summed E-state index contributed by atoms with van der Waals surface area (Å²) in [7, 11) is 0. The number of hydrogen-bond donors (Lipinski definition) is 0. The molecule has 0 saturated carbocycles. The lowest BCUT2D eigenvalue weighted by atomic mass is 9.92. The highest BCUT2D eigenvalue weighted by molar-refractivity contribution is 5.50. The maximum Gasteiger partial charge on any atom is 0.159 e. The van der Waals surface area contributed by atoms with Crippen LogP contribution in [0.4, 0.5) is 0 Å². The molecule has 2 heteroatoms. The number of ether oxygens (including phenoxy) is 2. The van der Waals surface area contributed by atoms with Gasteiger partial charge in [0.2, 0.25) is 0 Å². The van der Waals surface area contributed by atoms with Gasteiger partial charge in [-0.3, -0.25) is 0 Å². The predicted octanol–water partition coefficient (Wildman–Crippen LogP) is 4.64. The summed E-state index contributed by atoms with van der Waals surface area (Å²) in [5, 5.41) is 0. The quantitative estimate of drug-likeness (QED) is 0.800. The second-order valence-electron chi connectivity index (χ2n) is 5.51. The van der Waals surface area contributed by atoms with Crippen LogP contribution in [0.5, 0.6) is 0 Å². The van der Waals surface area contributed by atoms with Gasteiger partial charge < -0.3 is 9.47 Å². The zero-order chi connectivity index (χ0) is 15.2. The standard InChI is InChI=1S/C20H22O2/c1-2-21-20-15-18(17-11-7-4-8-12-17)19(22-20)14-13-16-9-5-3-6-10-16/h3-14,18-20H,2,15H2,1H3/b14-13+/t18-,19-,20-/m1/s1. The molecule has 1 heterocycles. The van der Waals surface area contributed by atoms with Gasteiger partial charge in [-0.15, -0.1) is 0 Å². The molecular formula is C20H22O2. The monoisotopic (exact) mass is 294 g/mol. The van der Waals surface area contributed by atoms with E-state index < -0.39 is 0 Å². The van der Waals surface area contributed by atoms with Crippen molar-refractivity contribution in [2.75, 3.05) is 6.61 Å². The molecule has 0 amide bonds. The van der Waals surface area contributed by atoms with E-state index in [1.165, 1.54) is 11.1 Å². The van der Waals surface area contributed by atoms with Crippen LogP contribution >= 0.6 is 0 Å². The van der Waals surface area contributed by atoms with Crippen LogP contribution < -0.4 is 0 Å². The summed E-state index contributed by atoms with van der Waals surface area (Å²) in [6, 6.07) is 20.9. The van der Waals surface area contributed by atoms with Crippen molar-refractivity contribution in [2.24, 2.45) is 0 Å². The van der Waals surface area contributed by atoms with E-state index in [1.54, 1.807) is 0 Å². The Morgan fingerprint density at radius 2 is 1.73 bits per heavy atom. The predicted molar refractivity (Wildman–Crippen MR) is 89.6 cm³/mol. The molecule has 2 nitrogen and oxygen atoms in total. The smallest absolute Gasteiger partial charge is 0.159 e. The second kappa shape index (κ2) is 7.39. The van der Waals surface area contributed by atoms with E-state index in [-0.39, 0.29) is 12.4 Å². The van der Waals surface area contributed by atoms with Crippen LogP contribution in [-0.4, -0.2) is 19.0 Å². The summed E-state index contributed by atoms with van der Waals surface area (Å²) in [5.74, 6) is 0.345. The molecule has 114 valence electrons. The Kier molecular flexibility index (Phi) is 5.04. The Bertz CT molecular complexity index is 592. The molecule has 0 radical (unpaired) electrons. The first-order valence-corrected chi connectivity index (χ1v) is 7.92. The molecule has 22 heavy (non-hydrogen) atoms. The first kappa shape index (κ1) is 15.0. The average Bonchev–Trinajstić information content (AvgIpc) is 2.98. The topological polar surface area (TPSA) is 18.5 Å². The minimum atomic E-state index is -0.111. The first-order valence-electron chi connectivity index (χ1n) is 7.92. The van der Waals surface area contributed by atoms with Crippen LogP contribution in [0.2, 0.25) is 0 Å². The fourth-order valence-corrected chi connectivity index (χ4v) is 2.94. The van der Waals surface area contributed by atoms with Crippen molar-refractivity contribution in [1.82, 2.24) is 0 Å². The molecule has 3 rings (SSSR count). The number of hydrogen-bond acceptors (Lipinski definition) is 2. The Balaban J connectivity index is 1.78. The van der Waals surface area contributed by atoms with Gasteiger partial charge >= 0.3 is 0 Å². The summed E-state index contributed by atoms with van der Waals surface area (Å²) in [6.45, 7) is 2.69. The van der Waals surface area contributed by atoms with Crippen molar-refractivity contribution in [3.63, 3.8) is 0 Å². The van der Waals surface area contributed by atoms with Gasteiger partial charge in [0.1, 0.15) is 0 Å². The molecule has 2 aromatic carbocycles. The van der Waals surface area contributed by atoms with Crippen molar-refractivity contribution in [2.45, 2.75) is 31.7 Å². The maximum absolute atomic E-state index is 6.08. The molecule has 0 aliphatic carbocycles. The molecule has 0 spiro atoms. The minimum Gasteiger partial charge on any atom is -0.353 e. The second-order valence-corrected chi connectivity index (χ2v) is 5.51. The molecule has 1 saturated heterocycles. The zero-order valence-corrected chi connectivity index (χ0v) is 12.9. The summed E-state index contributed by atoms with van der Waals surface area (Å²) < 4.78 is 11.8. The molecule has 0 bridgehead atoms. The minimum absolute atomic E-state index is 0.0548. The lowest BCUT2D eigenvalue weighted by Gasteiger charge is -2.15. The van der Waals surface area contributed by atoms with E-state index in [2.05, 4.69) is 48.6 Å².